The fourth-order valence-electron chi connectivity index (χ4n) is 1.94. The topological polar surface area (TPSA) is 67.1 Å². The second kappa shape index (κ2) is 4.99. The highest BCUT2D eigenvalue weighted by molar-refractivity contribution is 5.93. The van der Waals surface area contributed by atoms with Crippen molar-refractivity contribution in [1.82, 2.24) is 5.32 Å². The van der Waals surface area contributed by atoms with E-state index in [2.05, 4.69) is 10.6 Å². The normalized spacial score (nSPS) is 17.0. The van der Waals surface area contributed by atoms with Crippen LogP contribution in [0.1, 0.15) is 12.8 Å². The summed E-state index contributed by atoms with van der Waals surface area (Å²) >= 11 is 0. The molecule has 0 aliphatic carbocycles. The first-order valence-electron chi connectivity index (χ1n) is 5.63. The highest BCUT2D eigenvalue weighted by Crippen LogP contribution is 2.17. The van der Waals surface area contributed by atoms with Crippen LogP contribution in [-0.2, 0) is 4.79 Å². The number of nitrogens with one attached hydrogen (secondary N) is 2. The first kappa shape index (κ1) is 11.0. The van der Waals surface area contributed by atoms with Crippen molar-refractivity contribution >= 4 is 17.3 Å². The fraction of sp³-hybridized carbons (Fsp3) is 0.417. The number of piperidine rings is 1. The summed E-state index contributed by atoms with van der Waals surface area (Å²) in [6.45, 7) is 1.85. The number of benzene rings is 1. The molecule has 1 fully saturated rings. The SMILES string of the molecule is Nc1cccc(NC(=O)C2CCNCC2)c1. The van der Waals surface area contributed by atoms with Crippen LogP contribution in [-0.4, -0.2) is 19.0 Å². The molecule has 2 rings (SSSR count). The van der Waals surface area contributed by atoms with Crippen LogP contribution in [0, 0.1) is 5.92 Å². The van der Waals surface area contributed by atoms with E-state index in [0.717, 1.165) is 31.6 Å². The molecule has 86 valence electrons. The number of carbonyl (C=O) groups excluding carboxylic acids is 1. The van der Waals surface area contributed by atoms with Gasteiger partial charge < -0.3 is 16.4 Å². The summed E-state index contributed by atoms with van der Waals surface area (Å²) in [5.74, 6) is 0.231. The number of carbonyl (C=O) groups is 1. The lowest BCUT2D eigenvalue weighted by Crippen LogP contribution is -2.34. The lowest BCUT2D eigenvalue weighted by Gasteiger charge is -2.21. The van der Waals surface area contributed by atoms with Gasteiger partial charge in [0.2, 0.25) is 5.91 Å². The smallest absolute Gasteiger partial charge is 0.227 e. The van der Waals surface area contributed by atoms with Gasteiger partial charge in [-0.15, -0.1) is 0 Å². The van der Waals surface area contributed by atoms with Crippen molar-refractivity contribution in [2.45, 2.75) is 12.8 Å². The number of amides is 1. The Morgan fingerprint density at radius 3 is 2.81 bits per heavy atom. The van der Waals surface area contributed by atoms with Gasteiger partial charge in [0.1, 0.15) is 0 Å². The van der Waals surface area contributed by atoms with E-state index in [1.807, 2.05) is 12.1 Å². The molecule has 1 aliphatic rings. The molecular weight excluding hydrogens is 202 g/mol. The van der Waals surface area contributed by atoms with Crippen molar-refractivity contribution in [3.8, 4) is 0 Å². The molecule has 0 unspecified atom stereocenters. The van der Waals surface area contributed by atoms with Gasteiger partial charge in [0, 0.05) is 17.3 Å². The van der Waals surface area contributed by atoms with Crippen molar-refractivity contribution in [2.75, 3.05) is 24.1 Å². The van der Waals surface area contributed by atoms with Crippen LogP contribution < -0.4 is 16.4 Å². The maximum absolute atomic E-state index is 11.9. The van der Waals surface area contributed by atoms with Crippen molar-refractivity contribution in [3.63, 3.8) is 0 Å². The maximum Gasteiger partial charge on any atom is 0.227 e. The van der Waals surface area contributed by atoms with E-state index in [1.165, 1.54) is 0 Å². The predicted octanol–water partition coefficient (Wildman–Crippen LogP) is 1.21. The Bertz CT molecular complexity index is 372. The summed E-state index contributed by atoms with van der Waals surface area (Å²) in [5.41, 5.74) is 7.10. The fourth-order valence-corrected chi connectivity index (χ4v) is 1.94. The van der Waals surface area contributed by atoms with Gasteiger partial charge in [-0.05, 0) is 44.1 Å². The zero-order valence-corrected chi connectivity index (χ0v) is 9.20. The molecule has 4 N–H and O–H groups in total. The lowest BCUT2D eigenvalue weighted by atomic mass is 9.97. The minimum absolute atomic E-state index is 0.104. The van der Waals surface area contributed by atoms with E-state index in [9.17, 15) is 4.79 Å². The van der Waals surface area contributed by atoms with Gasteiger partial charge in [-0.1, -0.05) is 6.07 Å². The molecule has 0 atom stereocenters. The Hall–Kier alpha value is -1.55. The molecule has 1 amide bonds. The summed E-state index contributed by atoms with van der Waals surface area (Å²) < 4.78 is 0. The van der Waals surface area contributed by atoms with Gasteiger partial charge in [0.25, 0.3) is 0 Å². The van der Waals surface area contributed by atoms with Crippen molar-refractivity contribution in [3.05, 3.63) is 24.3 Å². The van der Waals surface area contributed by atoms with E-state index in [4.69, 9.17) is 5.73 Å². The molecular formula is C12H17N3O. The zero-order valence-electron chi connectivity index (χ0n) is 9.20. The Labute approximate surface area is 95.2 Å². The van der Waals surface area contributed by atoms with Crippen LogP contribution in [0.2, 0.25) is 0 Å². The molecule has 4 heteroatoms. The van der Waals surface area contributed by atoms with Crippen LogP contribution >= 0.6 is 0 Å². The second-order valence-corrected chi connectivity index (χ2v) is 4.14. The van der Waals surface area contributed by atoms with Gasteiger partial charge >= 0.3 is 0 Å². The van der Waals surface area contributed by atoms with Crippen LogP contribution in [0.3, 0.4) is 0 Å². The Morgan fingerprint density at radius 1 is 1.38 bits per heavy atom. The number of hydrogen-bond acceptors (Lipinski definition) is 3. The highest BCUT2D eigenvalue weighted by atomic mass is 16.1. The number of hydrogen-bond donors (Lipinski definition) is 3. The van der Waals surface area contributed by atoms with E-state index in [0.29, 0.717) is 5.69 Å². The maximum atomic E-state index is 11.9. The predicted molar refractivity (Wildman–Crippen MR) is 65.1 cm³/mol. The van der Waals surface area contributed by atoms with Gasteiger partial charge in [0.05, 0.1) is 0 Å². The Morgan fingerprint density at radius 2 is 2.12 bits per heavy atom. The molecule has 0 spiro atoms. The molecule has 16 heavy (non-hydrogen) atoms. The van der Waals surface area contributed by atoms with Gasteiger partial charge in [-0.25, -0.2) is 0 Å². The van der Waals surface area contributed by atoms with E-state index in [1.54, 1.807) is 12.1 Å². The molecule has 0 bridgehead atoms. The molecule has 1 aromatic carbocycles. The minimum Gasteiger partial charge on any atom is -0.399 e. The third-order valence-corrected chi connectivity index (χ3v) is 2.86. The van der Waals surface area contributed by atoms with Crippen molar-refractivity contribution < 1.29 is 4.79 Å². The van der Waals surface area contributed by atoms with Gasteiger partial charge in [-0.3, -0.25) is 4.79 Å². The summed E-state index contributed by atoms with van der Waals surface area (Å²) in [7, 11) is 0. The standard InChI is InChI=1S/C12H17N3O/c13-10-2-1-3-11(8-10)15-12(16)9-4-6-14-7-5-9/h1-3,8-9,14H,4-7,13H2,(H,15,16). The Balaban J connectivity index is 1.96. The third-order valence-electron chi connectivity index (χ3n) is 2.86. The molecule has 1 aliphatic heterocycles. The zero-order chi connectivity index (χ0) is 11.4. The first-order valence-corrected chi connectivity index (χ1v) is 5.63. The van der Waals surface area contributed by atoms with Gasteiger partial charge in [-0.2, -0.15) is 0 Å². The van der Waals surface area contributed by atoms with Crippen molar-refractivity contribution in [1.29, 1.82) is 0 Å². The summed E-state index contributed by atoms with van der Waals surface area (Å²) in [4.78, 5) is 11.9. The molecule has 4 nitrogen and oxygen atoms in total. The number of nitrogen functional groups attached to an aromatic ring is 1. The second-order valence-electron chi connectivity index (χ2n) is 4.14. The number of rotatable bonds is 2. The monoisotopic (exact) mass is 219 g/mol. The van der Waals surface area contributed by atoms with Crippen LogP contribution in [0.5, 0.6) is 0 Å². The summed E-state index contributed by atoms with van der Waals surface area (Å²) in [6, 6.07) is 7.28. The first-order chi connectivity index (χ1) is 7.75. The molecule has 1 heterocycles. The third kappa shape index (κ3) is 2.73. The number of anilines is 2. The quantitative estimate of drug-likeness (QED) is 0.655. The molecule has 1 aromatic rings. The molecule has 1 saturated heterocycles. The van der Waals surface area contributed by atoms with E-state index < -0.39 is 0 Å². The molecule has 0 saturated carbocycles. The average molecular weight is 219 g/mol. The molecule has 0 aromatic heterocycles. The summed E-state index contributed by atoms with van der Waals surface area (Å²) in [6.07, 6.45) is 1.82. The lowest BCUT2D eigenvalue weighted by molar-refractivity contribution is -0.120. The number of nitrogens with two attached hydrogens (primary N) is 1. The van der Waals surface area contributed by atoms with Crippen LogP contribution in [0.15, 0.2) is 24.3 Å². The Kier molecular flexibility index (Phi) is 3.41. The highest BCUT2D eigenvalue weighted by Gasteiger charge is 2.20. The molecule has 0 radical (unpaired) electrons. The van der Waals surface area contributed by atoms with Crippen LogP contribution in [0.4, 0.5) is 11.4 Å². The van der Waals surface area contributed by atoms with E-state index >= 15 is 0 Å². The largest absolute Gasteiger partial charge is 0.399 e. The van der Waals surface area contributed by atoms with Crippen molar-refractivity contribution in [2.24, 2.45) is 5.92 Å². The average Bonchev–Trinajstić information content (AvgIpc) is 2.30. The summed E-state index contributed by atoms with van der Waals surface area (Å²) in [5, 5.41) is 6.15. The van der Waals surface area contributed by atoms with Crippen LogP contribution in [0.25, 0.3) is 0 Å². The minimum atomic E-state index is 0.104. The van der Waals surface area contributed by atoms with E-state index in [-0.39, 0.29) is 11.8 Å². The van der Waals surface area contributed by atoms with Gasteiger partial charge in [0.15, 0.2) is 0 Å².